The Morgan fingerprint density at radius 1 is 1.04 bits per heavy atom. The molecule has 5 heteroatoms. The molecule has 124 valence electrons. The monoisotopic (exact) mass is 324 g/mol. The average molecular weight is 324 g/mol. The van der Waals surface area contributed by atoms with Crippen LogP contribution in [0.25, 0.3) is 0 Å². The molecular formula is C19H20N2O3. The maximum atomic E-state index is 12.5. The van der Waals surface area contributed by atoms with Crippen LogP contribution in [-0.2, 0) is 4.84 Å². The minimum Gasteiger partial charge on any atom is -0.460 e. The van der Waals surface area contributed by atoms with Gasteiger partial charge in [-0.15, -0.1) is 0 Å². The number of fused-ring (bicyclic) bond motifs is 2. The topological polar surface area (TPSA) is 55.0 Å². The van der Waals surface area contributed by atoms with Crippen LogP contribution in [-0.4, -0.2) is 42.6 Å². The van der Waals surface area contributed by atoms with Gasteiger partial charge < -0.3 is 9.25 Å². The van der Waals surface area contributed by atoms with Crippen molar-refractivity contribution in [3.8, 4) is 0 Å². The summed E-state index contributed by atoms with van der Waals surface area (Å²) in [5.41, 5.74) is 2.79. The number of benzene rings is 1. The van der Waals surface area contributed by atoms with E-state index in [0.717, 1.165) is 25.2 Å². The van der Waals surface area contributed by atoms with Gasteiger partial charge in [0.25, 0.3) is 0 Å². The Morgan fingerprint density at radius 3 is 2.67 bits per heavy atom. The van der Waals surface area contributed by atoms with Crippen LogP contribution in [0.5, 0.6) is 0 Å². The summed E-state index contributed by atoms with van der Waals surface area (Å²) in [7, 11) is 0. The molecule has 0 amide bonds. The van der Waals surface area contributed by atoms with Gasteiger partial charge in [0.05, 0.1) is 11.8 Å². The van der Waals surface area contributed by atoms with Crippen molar-refractivity contribution in [3.63, 3.8) is 0 Å². The third kappa shape index (κ3) is 2.76. The van der Waals surface area contributed by atoms with E-state index in [0.29, 0.717) is 29.2 Å². The lowest BCUT2D eigenvalue weighted by atomic mass is 9.88. The molecule has 1 fully saturated rings. The SMILES string of the molecule is O=C1c2ccccc2/C(=N/OCCN2CCCCC2)c2ccoc21. The number of oxime groups is 1. The number of hydrogen-bond donors (Lipinski definition) is 0. The largest absolute Gasteiger partial charge is 0.460 e. The Morgan fingerprint density at radius 2 is 1.83 bits per heavy atom. The van der Waals surface area contributed by atoms with Gasteiger partial charge in [-0.2, -0.15) is 0 Å². The smallest absolute Gasteiger partial charge is 0.229 e. The first-order valence-corrected chi connectivity index (χ1v) is 8.49. The Balaban J connectivity index is 1.52. The van der Waals surface area contributed by atoms with Gasteiger partial charge in [0, 0.05) is 17.7 Å². The Bertz CT molecular complexity index is 772. The quantitative estimate of drug-likeness (QED) is 0.547. The van der Waals surface area contributed by atoms with E-state index in [9.17, 15) is 4.79 Å². The number of carbonyl (C=O) groups is 1. The number of rotatable bonds is 4. The van der Waals surface area contributed by atoms with Gasteiger partial charge in [-0.25, -0.2) is 0 Å². The van der Waals surface area contributed by atoms with Gasteiger partial charge in [-0.05, 0) is 32.0 Å². The van der Waals surface area contributed by atoms with Crippen molar-refractivity contribution in [2.24, 2.45) is 5.16 Å². The van der Waals surface area contributed by atoms with E-state index in [2.05, 4.69) is 10.1 Å². The Labute approximate surface area is 140 Å². The highest BCUT2D eigenvalue weighted by atomic mass is 16.6. The number of furan rings is 1. The number of nitrogens with zero attached hydrogens (tertiary/aromatic N) is 2. The second-order valence-corrected chi connectivity index (χ2v) is 6.21. The third-order valence-corrected chi connectivity index (χ3v) is 4.66. The third-order valence-electron chi connectivity index (χ3n) is 4.66. The molecule has 1 saturated heterocycles. The second kappa shape index (κ2) is 6.61. The average Bonchev–Trinajstić information content (AvgIpc) is 3.12. The molecule has 0 saturated carbocycles. The van der Waals surface area contributed by atoms with Crippen LogP contribution in [0.1, 0.15) is 46.5 Å². The zero-order chi connectivity index (χ0) is 16.4. The molecule has 0 atom stereocenters. The minimum atomic E-state index is -0.0992. The van der Waals surface area contributed by atoms with Crippen LogP contribution >= 0.6 is 0 Å². The summed E-state index contributed by atoms with van der Waals surface area (Å²) in [6, 6.07) is 9.22. The highest BCUT2D eigenvalue weighted by Gasteiger charge is 2.31. The predicted molar refractivity (Wildman–Crippen MR) is 90.5 cm³/mol. The summed E-state index contributed by atoms with van der Waals surface area (Å²) < 4.78 is 5.36. The van der Waals surface area contributed by atoms with E-state index >= 15 is 0 Å². The van der Waals surface area contributed by atoms with Gasteiger partial charge >= 0.3 is 0 Å². The van der Waals surface area contributed by atoms with Crippen molar-refractivity contribution in [2.45, 2.75) is 19.3 Å². The van der Waals surface area contributed by atoms with Crippen LogP contribution in [0.4, 0.5) is 0 Å². The summed E-state index contributed by atoms with van der Waals surface area (Å²) in [4.78, 5) is 20.5. The Hall–Kier alpha value is -2.40. The summed E-state index contributed by atoms with van der Waals surface area (Å²) in [5, 5.41) is 4.33. The fourth-order valence-electron chi connectivity index (χ4n) is 3.39. The molecule has 1 aromatic heterocycles. The van der Waals surface area contributed by atoms with Crippen molar-refractivity contribution in [3.05, 3.63) is 59.0 Å². The standard InChI is InChI=1S/C19H20N2O3/c22-18-15-7-3-2-6-14(15)17(16-8-12-23-19(16)18)20-24-13-11-21-9-4-1-5-10-21/h2-3,6-8,12H,1,4-5,9-11,13H2/b20-17-. The lowest BCUT2D eigenvalue weighted by molar-refractivity contribution is 0.0999. The van der Waals surface area contributed by atoms with E-state index in [1.807, 2.05) is 18.2 Å². The van der Waals surface area contributed by atoms with Crippen LogP contribution < -0.4 is 0 Å². The number of piperidine rings is 1. The highest BCUT2D eigenvalue weighted by Crippen LogP contribution is 2.28. The first kappa shape index (κ1) is 15.1. The molecule has 0 unspecified atom stereocenters. The van der Waals surface area contributed by atoms with Crippen LogP contribution in [0, 0.1) is 0 Å². The van der Waals surface area contributed by atoms with E-state index in [4.69, 9.17) is 9.25 Å². The van der Waals surface area contributed by atoms with E-state index < -0.39 is 0 Å². The summed E-state index contributed by atoms with van der Waals surface area (Å²) >= 11 is 0. The lowest BCUT2D eigenvalue weighted by Gasteiger charge is -2.25. The van der Waals surface area contributed by atoms with Crippen molar-refractivity contribution >= 4 is 11.5 Å². The second-order valence-electron chi connectivity index (χ2n) is 6.21. The van der Waals surface area contributed by atoms with Crippen molar-refractivity contribution < 1.29 is 14.0 Å². The molecule has 0 spiro atoms. The first-order valence-electron chi connectivity index (χ1n) is 8.49. The van der Waals surface area contributed by atoms with Gasteiger partial charge in [0.15, 0.2) is 5.76 Å². The molecule has 5 nitrogen and oxygen atoms in total. The number of carbonyl (C=O) groups excluding carboxylic acids is 1. The molecule has 2 aliphatic rings. The molecule has 2 aromatic rings. The van der Waals surface area contributed by atoms with Gasteiger partial charge in [0.2, 0.25) is 5.78 Å². The fourth-order valence-corrected chi connectivity index (χ4v) is 3.39. The maximum absolute atomic E-state index is 12.5. The van der Waals surface area contributed by atoms with Crippen LogP contribution in [0.3, 0.4) is 0 Å². The van der Waals surface area contributed by atoms with Gasteiger partial charge in [0.1, 0.15) is 12.3 Å². The molecule has 0 N–H and O–H groups in total. The molecule has 1 aliphatic heterocycles. The van der Waals surface area contributed by atoms with E-state index in [1.54, 1.807) is 12.1 Å². The number of likely N-dealkylation sites (tertiary alicyclic amines) is 1. The normalized spacial score (nSPS) is 19.2. The first-order chi connectivity index (χ1) is 11.8. The molecule has 1 aromatic carbocycles. The highest BCUT2D eigenvalue weighted by molar-refractivity contribution is 6.28. The zero-order valence-corrected chi connectivity index (χ0v) is 13.5. The van der Waals surface area contributed by atoms with Crippen LogP contribution in [0.2, 0.25) is 0 Å². The predicted octanol–water partition coefficient (Wildman–Crippen LogP) is 3.08. The summed E-state index contributed by atoms with van der Waals surface area (Å²) in [6.45, 7) is 3.72. The molecule has 4 rings (SSSR count). The van der Waals surface area contributed by atoms with Gasteiger partial charge in [-0.3, -0.25) is 9.69 Å². The van der Waals surface area contributed by atoms with Gasteiger partial charge in [-0.1, -0.05) is 35.8 Å². The summed E-state index contributed by atoms with van der Waals surface area (Å²) in [5.74, 6) is 0.241. The van der Waals surface area contributed by atoms with E-state index in [1.165, 1.54) is 25.5 Å². The van der Waals surface area contributed by atoms with Crippen molar-refractivity contribution in [1.29, 1.82) is 0 Å². The molecule has 2 heterocycles. The molecule has 1 aliphatic carbocycles. The van der Waals surface area contributed by atoms with Crippen LogP contribution in [0.15, 0.2) is 46.2 Å². The summed E-state index contributed by atoms with van der Waals surface area (Å²) in [6.07, 6.45) is 5.39. The van der Waals surface area contributed by atoms with Crippen molar-refractivity contribution in [1.82, 2.24) is 4.90 Å². The maximum Gasteiger partial charge on any atom is 0.229 e. The molecule has 0 bridgehead atoms. The molecular weight excluding hydrogens is 304 g/mol. The van der Waals surface area contributed by atoms with Crippen molar-refractivity contribution in [2.75, 3.05) is 26.2 Å². The lowest BCUT2D eigenvalue weighted by Crippen LogP contribution is -2.32. The van der Waals surface area contributed by atoms with E-state index in [-0.39, 0.29) is 5.78 Å². The number of ketones is 1. The fraction of sp³-hybridized carbons (Fsp3) is 0.368. The Kier molecular flexibility index (Phi) is 4.17. The molecule has 0 radical (unpaired) electrons. The minimum absolute atomic E-state index is 0.0992. The zero-order valence-electron chi connectivity index (χ0n) is 13.5. The number of hydrogen-bond acceptors (Lipinski definition) is 5. The molecule has 24 heavy (non-hydrogen) atoms.